The molecule has 0 saturated heterocycles. The first kappa shape index (κ1) is 15.0. The summed E-state index contributed by atoms with van der Waals surface area (Å²) in [4.78, 5) is 12.6. The Labute approximate surface area is 123 Å². The van der Waals surface area contributed by atoms with Crippen LogP contribution in [0.5, 0.6) is 11.5 Å². The first-order valence-corrected chi connectivity index (χ1v) is 6.51. The Morgan fingerprint density at radius 2 is 1.62 bits per heavy atom. The van der Waals surface area contributed by atoms with Gasteiger partial charge in [-0.05, 0) is 49.2 Å². The van der Waals surface area contributed by atoms with E-state index in [1.807, 2.05) is 0 Å². The van der Waals surface area contributed by atoms with Gasteiger partial charge in [0.1, 0.15) is 17.3 Å². The van der Waals surface area contributed by atoms with Gasteiger partial charge in [0.15, 0.2) is 5.78 Å². The van der Waals surface area contributed by atoms with Gasteiger partial charge in [-0.2, -0.15) is 0 Å². The van der Waals surface area contributed by atoms with Crippen molar-refractivity contribution in [3.63, 3.8) is 0 Å². The number of benzene rings is 2. The number of aryl methyl sites for hydroxylation is 2. The minimum absolute atomic E-state index is 0.208. The van der Waals surface area contributed by atoms with E-state index in [2.05, 4.69) is 0 Å². The molecule has 4 heteroatoms. The fourth-order valence-corrected chi connectivity index (χ4v) is 2.22. The zero-order valence-electron chi connectivity index (χ0n) is 12.5. The molecular formula is C17H17FO3. The van der Waals surface area contributed by atoms with E-state index in [0.717, 1.165) is 0 Å². The van der Waals surface area contributed by atoms with E-state index >= 15 is 0 Å². The van der Waals surface area contributed by atoms with Gasteiger partial charge in [0.25, 0.3) is 0 Å². The second-order valence-corrected chi connectivity index (χ2v) is 4.82. The number of ketones is 1. The highest BCUT2D eigenvalue weighted by molar-refractivity contribution is 6.11. The molecule has 0 aliphatic carbocycles. The van der Waals surface area contributed by atoms with Crippen molar-refractivity contribution in [2.24, 2.45) is 0 Å². The van der Waals surface area contributed by atoms with Crippen LogP contribution in [0.3, 0.4) is 0 Å². The molecule has 0 fully saturated rings. The molecule has 0 spiro atoms. The number of hydrogen-bond acceptors (Lipinski definition) is 3. The number of carbonyl (C=O) groups excluding carboxylic acids is 1. The van der Waals surface area contributed by atoms with Gasteiger partial charge in [-0.25, -0.2) is 4.39 Å². The summed E-state index contributed by atoms with van der Waals surface area (Å²) >= 11 is 0. The third kappa shape index (κ3) is 2.89. The van der Waals surface area contributed by atoms with E-state index in [1.165, 1.54) is 7.11 Å². The average Bonchev–Trinajstić information content (AvgIpc) is 2.50. The quantitative estimate of drug-likeness (QED) is 0.805. The third-order valence-electron chi connectivity index (χ3n) is 3.35. The Hall–Kier alpha value is -2.36. The van der Waals surface area contributed by atoms with Gasteiger partial charge in [0, 0.05) is 11.6 Å². The highest BCUT2D eigenvalue weighted by atomic mass is 19.1. The highest BCUT2D eigenvalue weighted by Gasteiger charge is 2.17. The minimum Gasteiger partial charge on any atom is -0.497 e. The maximum absolute atomic E-state index is 13.7. The van der Waals surface area contributed by atoms with Gasteiger partial charge >= 0.3 is 0 Å². The van der Waals surface area contributed by atoms with Crippen LogP contribution < -0.4 is 9.47 Å². The number of rotatable bonds is 4. The van der Waals surface area contributed by atoms with Gasteiger partial charge in [-0.3, -0.25) is 4.79 Å². The second-order valence-electron chi connectivity index (χ2n) is 4.82. The molecule has 0 aliphatic rings. The summed E-state index contributed by atoms with van der Waals surface area (Å²) in [6.45, 7) is 3.29. The summed E-state index contributed by atoms with van der Waals surface area (Å²) < 4.78 is 24.0. The molecule has 0 atom stereocenters. The fourth-order valence-electron chi connectivity index (χ4n) is 2.22. The Balaban J connectivity index is 2.49. The van der Waals surface area contributed by atoms with Crippen LogP contribution in [0.4, 0.5) is 4.39 Å². The number of methoxy groups -OCH3 is 2. The number of ether oxygens (including phenoxy) is 2. The van der Waals surface area contributed by atoms with E-state index in [-0.39, 0.29) is 11.6 Å². The Bertz CT molecular complexity index is 669. The van der Waals surface area contributed by atoms with Crippen molar-refractivity contribution in [1.82, 2.24) is 0 Å². The lowest BCUT2D eigenvalue weighted by Gasteiger charge is -2.11. The molecule has 2 rings (SSSR count). The molecule has 0 heterocycles. The van der Waals surface area contributed by atoms with Crippen molar-refractivity contribution in [2.75, 3.05) is 14.2 Å². The van der Waals surface area contributed by atoms with Crippen molar-refractivity contribution in [2.45, 2.75) is 13.8 Å². The Morgan fingerprint density at radius 1 is 1.00 bits per heavy atom. The highest BCUT2D eigenvalue weighted by Crippen LogP contribution is 2.27. The molecule has 21 heavy (non-hydrogen) atoms. The second kappa shape index (κ2) is 5.95. The predicted molar refractivity (Wildman–Crippen MR) is 78.9 cm³/mol. The summed E-state index contributed by atoms with van der Waals surface area (Å²) in [5.74, 6) is 0.544. The molecular weight excluding hydrogens is 271 g/mol. The molecule has 0 radical (unpaired) electrons. The molecule has 110 valence electrons. The van der Waals surface area contributed by atoms with Crippen LogP contribution in [0, 0.1) is 19.7 Å². The van der Waals surface area contributed by atoms with Crippen molar-refractivity contribution in [3.8, 4) is 11.5 Å². The average molecular weight is 288 g/mol. The van der Waals surface area contributed by atoms with Crippen LogP contribution in [0.1, 0.15) is 27.0 Å². The largest absolute Gasteiger partial charge is 0.497 e. The standard InChI is InChI=1S/C17H17FO3/c1-10-7-12(8-11(2)16(10)18)17(19)14-6-5-13(20-3)9-15(14)21-4/h5-9H,1-4H3. The van der Waals surface area contributed by atoms with Gasteiger partial charge in [0.05, 0.1) is 19.8 Å². The number of hydrogen-bond donors (Lipinski definition) is 0. The maximum Gasteiger partial charge on any atom is 0.196 e. The molecule has 2 aromatic rings. The van der Waals surface area contributed by atoms with Crippen molar-refractivity contribution in [3.05, 3.63) is 58.4 Å². The summed E-state index contributed by atoms with van der Waals surface area (Å²) in [7, 11) is 3.04. The normalized spacial score (nSPS) is 10.3. The summed E-state index contributed by atoms with van der Waals surface area (Å²) in [5.41, 5.74) is 1.76. The molecule has 2 aromatic carbocycles. The third-order valence-corrected chi connectivity index (χ3v) is 3.35. The maximum atomic E-state index is 13.7. The molecule has 0 aromatic heterocycles. The Kier molecular flexibility index (Phi) is 4.26. The van der Waals surface area contributed by atoms with E-state index in [4.69, 9.17) is 9.47 Å². The van der Waals surface area contributed by atoms with Crippen LogP contribution in [-0.2, 0) is 0 Å². The monoisotopic (exact) mass is 288 g/mol. The molecule has 3 nitrogen and oxygen atoms in total. The lowest BCUT2D eigenvalue weighted by molar-refractivity contribution is 0.103. The predicted octanol–water partition coefficient (Wildman–Crippen LogP) is 3.69. The zero-order chi connectivity index (χ0) is 15.6. The van der Waals surface area contributed by atoms with Crippen molar-refractivity contribution in [1.29, 1.82) is 0 Å². The molecule has 0 N–H and O–H groups in total. The first-order valence-electron chi connectivity index (χ1n) is 6.51. The summed E-state index contributed by atoms with van der Waals surface area (Å²) in [6, 6.07) is 8.09. The minimum atomic E-state index is -0.284. The molecule has 0 bridgehead atoms. The van der Waals surface area contributed by atoms with Gasteiger partial charge < -0.3 is 9.47 Å². The Morgan fingerprint density at radius 3 is 2.14 bits per heavy atom. The van der Waals surface area contributed by atoms with Gasteiger partial charge in [-0.1, -0.05) is 0 Å². The van der Waals surface area contributed by atoms with Crippen LogP contribution >= 0.6 is 0 Å². The van der Waals surface area contributed by atoms with Crippen LogP contribution in [0.15, 0.2) is 30.3 Å². The molecule has 0 amide bonds. The smallest absolute Gasteiger partial charge is 0.196 e. The van der Waals surface area contributed by atoms with E-state index in [9.17, 15) is 9.18 Å². The van der Waals surface area contributed by atoms with E-state index < -0.39 is 0 Å². The van der Waals surface area contributed by atoms with E-state index in [0.29, 0.717) is 33.8 Å². The summed E-state index contributed by atoms with van der Waals surface area (Å²) in [6.07, 6.45) is 0. The lowest BCUT2D eigenvalue weighted by atomic mass is 9.98. The zero-order valence-corrected chi connectivity index (χ0v) is 12.5. The first-order chi connectivity index (χ1) is 9.97. The van der Waals surface area contributed by atoms with Gasteiger partial charge in [-0.15, -0.1) is 0 Å². The number of halogens is 1. The van der Waals surface area contributed by atoms with Gasteiger partial charge in [0.2, 0.25) is 0 Å². The topological polar surface area (TPSA) is 35.5 Å². The van der Waals surface area contributed by atoms with E-state index in [1.54, 1.807) is 51.3 Å². The summed E-state index contributed by atoms with van der Waals surface area (Å²) in [5, 5.41) is 0. The molecule has 0 aliphatic heterocycles. The van der Waals surface area contributed by atoms with Crippen LogP contribution in [-0.4, -0.2) is 20.0 Å². The molecule has 0 unspecified atom stereocenters. The van der Waals surface area contributed by atoms with Crippen LogP contribution in [0.25, 0.3) is 0 Å². The molecule has 0 saturated carbocycles. The lowest BCUT2D eigenvalue weighted by Crippen LogP contribution is -2.06. The van der Waals surface area contributed by atoms with Crippen molar-refractivity contribution < 1.29 is 18.7 Å². The fraction of sp³-hybridized carbons (Fsp3) is 0.235. The number of carbonyl (C=O) groups is 1. The van der Waals surface area contributed by atoms with Crippen molar-refractivity contribution >= 4 is 5.78 Å². The van der Waals surface area contributed by atoms with Crippen LogP contribution in [0.2, 0.25) is 0 Å². The SMILES string of the molecule is COc1ccc(C(=O)c2cc(C)c(F)c(C)c2)c(OC)c1.